The number of hydrogen-bond donors (Lipinski definition) is 2. The molecule has 0 aromatic carbocycles. The van der Waals surface area contributed by atoms with Gasteiger partial charge in [0.1, 0.15) is 0 Å². The topological polar surface area (TPSA) is 88.5 Å². The van der Waals surface area contributed by atoms with Crippen LogP contribution in [0.5, 0.6) is 0 Å². The summed E-state index contributed by atoms with van der Waals surface area (Å²) in [7, 11) is 0. The summed E-state index contributed by atoms with van der Waals surface area (Å²) in [5, 5.41) is 7.18. The fourth-order valence-electron chi connectivity index (χ4n) is 3.47. The minimum absolute atomic E-state index is 0.0195. The predicted octanol–water partition coefficient (Wildman–Crippen LogP) is 2.94. The van der Waals surface area contributed by atoms with Crippen molar-refractivity contribution in [3.05, 3.63) is 29.7 Å². The van der Waals surface area contributed by atoms with Gasteiger partial charge >= 0.3 is 6.03 Å². The summed E-state index contributed by atoms with van der Waals surface area (Å²) < 4.78 is 26.1. The number of halogens is 2. The van der Waals surface area contributed by atoms with Crippen LogP contribution in [-0.2, 0) is 13.1 Å². The molecule has 0 bridgehead atoms. The molecule has 9 heteroatoms. The Bertz CT molecular complexity index is 801. The number of nitrogens with two attached hydrogens (primary N) is 1. The molecule has 1 unspecified atom stereocenters. The minimum Gasteiger partial charge on any atom is -0.338 e. The molecule has 1 saturated heterocycles. The van der Waals surface area contributed by atoms with Gasteiger partial charge in [-0.1, -0.05) is 13.3 Å². The average Bonchev–Trinajstić information content (AvgIpc) is 3.07. The second-order valence-corrected chi connectivity index (χ2v) is 7.69. The number of imidazole rings is 1. The maximum atomic E-state index is 12.2. The lowest BCUT2D eigenvalue weighted by Crippen LogP contribution is -2.49. The molecule has 1 aliphatic carbocycles. The summed E-state index contributed by atoms with van der Waals surface area (Å²) in [6.07, 6.45) is 6.24. The van der Waals surface area contributed by atoms with Crippen molar-refractivity contribution < 1.29 is 13.6 Å². The SMILES string of the molecule is CC1CNC(=O)N(Cc2cnn3cc(CN)nc3c2)C1.FC1(F)CCCCC1. The van der Waals surface area contributed by atoms with E-state index in [1.807, 2.05) is 12.3 Å². The van der Waals surface area contributed by atoms with Crippen LogP contribution in [0, 0.1) is 5.92 Å². The van der Waals surface area contributed by atoms with Crippen LogP contribution < -0.4 is 11.1 Å². The molecule has 2 aromatic rings. The summed E-state index contributed by atoms with van der Waals surface area (Å²) in [5.74, 6) is -1.86. The van der Waals surface area contributed by atoms with Crippen LogP contribution in [0.3, 0.4) is 0 Å². The molecule has 1 aliphatic heterocycles. The summed E-state index contributed by atoms with van der Waals surface area (Å²) >= 11 is 0. The molecule has 0 radical (unpaired) electrons. The number of alkyl halides is 2. The number of nitrogens with one attached hydrogen (secondary N) is 1. The summed E-state index contributed by atoms with van der Waals surface area (Å²) in [4.78, 5) is 18.0. The number of aromatic nitrogens is 3. The number of carbonyl (C=O) groups is 1. The van der Waals surface area contributed by atoms with Gasteiger partial charge in [-0.05, 0) is 30.4 Å². The number of urea groups is 1. The van der Waals surface area contributed by atoms with Gasteiger partial charge in [0.25, 0.3) is 0 Å². The molecule has 4 rings (SSSR count). The molecule has 2 aliphatic rings. The third kappa shape index (κ3) is 5.37. The molecular formula is C19H28F2N6O. The Kier molecular flexibility index (Phi) is 6.43. The molecule has 3 N–H and O–H groups in total. The molecule has 154 valence electrons. The highest BCUT2D eigenvalue weighted by molar-refractivity contribution is 5.75. The van der Waals surface area contributed by atoms with Gasteiger partial charge < -0.3 is 16.0 Å². The van der Waals surface area contributed by atoms with Crippen LogP contribution in [0.4, 0.5) is 13.6 Å². The predicted molar refractivity (Wildman–Crippen MR) is 102 cm³/mol. The second kappa shape index (κ2) is 8.81. The number of fused-ring (bicyclic) bond motifs is 1. The maximum Gasteiger partial charge on any atom is 0.317 e. The molecular weight excluding hydrogens is 366 g/mol. The zero-order valence-corrected chi connectivity index (χ0v) is 16.2. The van der Waals surface area contributed by atoms with E-state index in [0.717, 1.165) is 36.4 Å². The summed E-state index contributed by atoms with van der Waals surface area (Å²) in [5.41, 5.74) is 8.10. The first-order valence-electron chi connectivity index (χ1n) is 9.80. The fourth-order valence-corrected chi connectivity index (χ4v) is 3.47. The van der Waals surface area contributed by atoms with Crippen molar-refractivity contribution >= 4 is 11.7 Å². The Morgan fingerprint density at radius 2 is 2.07 bits per heavy atom. The highest BCUT2D eigenvalue weighted by Crippen LogP contribution is 2.32. The van der Waals surface area contributed by atoms with Crippen molar-refractivity contribution in [1.82, 2.24) is 24.8 Å². The van der Waals surface area contributed by atoms with Crippen LogP contribution in [-0.4, -0.2) is 44.5 Å². The van der Waals surface area contributed by atoms with Gasteiger partial charge in [-0.25, -0.2) is 23.1 Å². The van der Waals surface area contributed by atoms with Gasteiger partial charge in [0, 0.05) is 39.0 Å². The monoisotopic (exact) mass is 394 g/mol. The van der Waals surface area contributed by atoms with E-state index in [4.69, 9.17) is 5.73 Å². The lowest BCUT2D eigenvalue weighted by atomic mass is 9.97. The zero-order valence-electron chi connectivity index (χ0n) is 16.2. The van der Waals surface area contributed by atoms with E-state index in [1.165, 1.54) is 0 Å². The van der Waals surface area contributed by atoms with Crippen LogP contribution in [0.25, 0.3) is 5.65 Å². The van der Waals surface area contributed by atoms with Gasteiger partial charge in [-0.3, -0.25) is 0 Å². The Labute approximate surface area is 163 Å². The standard InChI is InChI=1S/C13H18N6O.C6H10F2/c1-9-4-15-13(20)18(6-9)7-10-2-12-17-11(3-14)8-19(12)16-5-10;7-6(8)4-2-1-3-5-6/h2,5,8-9H,3-4,6-7,14H2,1H3,(H,15,20);1-5H2. The second-order valence-electron chi connectivity index (χ2n) is 7.69. The maximum absolute atomic E-state index is 12.2. The van der Waals surface area contributed by atoms with Crippen molar-refractivity contribution in [2.45, 2.75) is 58.0 Å². The fraction of sp³-hybridized carbons (Fsp3) is 0.632. The van der Waals surface area contributed by atoms with Crippen LogP contribution in [0.2, 0.25) is 0 Å². The van der Waals surface area contributed by atoms with Crippen molar-refractivity contribution in [1.29, 1.82) is 0 Å². The smallest absolute Gasteiger partial charge is 0.317 e. The number of amides is 2. The van der Waals surface area contributed by atoms with E-state index >= 15 is 0 Å². The molecule has 2 amide bonds. The van der Waals surface area contributed by atoms with Gasteiger partial charge in [0.05, 0.1) is 18.1 Å². The molecule has 0 spiro atoms. The van der Waals surface area contributed by atoms with E-state index in [0.29, 0.717) is 31.8 Å². The lowest BCUT2D eigenvalue weighted by molar-refractivity contribution is -0.0337. The Morgan fingerprint density at radius 3 is 2.71 bits per heavy atom. The highest BCUT2D eigenvalue weighted by atomic mass is 19.3. The molecule has 1 saturated carbocycles. The molecule has 2 aromatic heterocycles. The van der Waals surface area contributed by atoms with Crippen molar-refractivity contribution in [2.24, 2.45) is 11.7 Å². The van der Waals surface area contributed by atoms with E-state index in [2.05, 4.69) is 22.3 Å². The number of nitrogens with zero attached hydrogens (tertiary/aromatic N) is 4. The number of hydrogen-bond acceptors (Lipinski definition) is 4. The van der Waals surface area contributed by atoms with Crippen LogP contribution in [0.15, 0.2) is 18.5 Å². The van der Waals surface area contributed by atoms with Gasteiger partial charge in [-0.15, -0.1) is 0 Å². The zero-order chi connectivity index (χ0) is 20.1. The van der Waals surface area contributed by atoms with Crippen molar-refractivity contribution in [2.75, 3.05) is 13.1 Å². The van der Waals surface area contributed by atoms with Gasteiger partial charge in [0.2, 0.25) is 5.92 Å². The first kappa shape index (κ1) is 20.4. The third-order valence-electron chi connectivity index (χ3n) is 5.02. The van der Waals surface area contributed by atoms with Gasteiger partial charge in [0.15, 0.2) is 5.65 Å². The normalized spacial score (nSPS) is 21.8. The van der Waals surface area contributed by atoms with Crippen LogP contribution >= 0.6 is 0 Å². The molecule has 1 atom stereocenters. The molecule has 2 fully saturated rings. The number of carbonyl (C=O) groups excluding carboxylic acids is 1. The summed E-state index contributed by atoms with van der Waals surface area (Å²) in [6.45, 7) is 4.57. The molecule has 3 heterocycles. The van der Waals surface area contributed by atoms with Crippen LogP contribution in [0.1, 0.15) is 50.3 Å². The lowest BCUT2D eigenvalue weighted by Gasteiger charge is -2.31. The Balaban J connectivity index is 0.000000236. The van der Waals surface area contributed by atoms with Gasteiger partial charge in [-0.2, -0.15) is 5.10 Å². The summed E-state index contributed by atoms with van der Waals surface area (Å²) in [6, 6.07) is 1.92. The average molecular weight is 394 g/mol. The van der Waals surface area contributed by atoms with Crippen molar-refractivity contribution in [3.8, 4) is 0 Å². The highest BCUT2D eigenvalue weighted by Gasteiger charge is 2.30. The van der Waals surface area contributed by atoms with E-state index in [-0.39, 0.29) is 18.9 Å². The van der Waals surface area contributed by atoms with E-state index in [9.17, 15) is 13.6 Å². The largest absolute Gasteiger partial charge is 0.338 e. The minimum atomic E-state index is -2.32. The molecule has 28 heavy (non-hydrogen) atoms. The first-order chi connectivity index (χ1) is 13.4. The molecule has 7 nitrogen and oxygen atoms in total. The van der Waals surface area contributed by atoms with Crippen molar-refractivity contribution in [3.63, 3.8) is 0 Å². The Hall–Kier alpha value is -2.29. The first-order valence-corrected chi connectivity index (χ1v) is 9.80. The van der Waals surface area contributed by atoms with E-state index in [1.54, 1.807) is 15.6 Å². The quantitative estimate of drug-likeness (QED) is 0.838. The number of rotatable bonds is 3. The third-order valence-corrected chi connectivity index (χ3v) is 5.02. The Morgan fingerprint density at radius 1 is 1.32 bits per heavy atom. The van der Waals surface area contributed by atoms with E-state index < -0.39 is 5.92 Å².